The Hall–Kier alpha value is -3.60. The van der Waals surface area contributed by atoms with Crippen molar-refractivity contribution in [3.63, 3.8) is 0 Å². The molecule has 0 spiro atoms. The largest absolute Gasteiger partial charge is 0.432 e. The summed E-state index contributed by atoms with van der Waals surface area (Å²) < 4.78 is 33.3. The van der Waals surface area contributed by atoms with E-state index in [9.17, 15) is 18.0 Å². The van der Waals surface area contributed by atoms with Gasteiger partial charge in [-0.1, -0.05) is 38.8 Å². The number of oxazole rings is 1. The highest BCUT2D eigenvalue weighted by Gasteiger charge is 2.38. The second-order valence-electron chi connectivity index (χ2n) is 9.99. The summed E-state index contributed by atoms with van der Waals surface area (Å²) in [6.07, 6.45) is 6.35. The molecule has 2 atom stereocenters. The predicted molar refractivity (Wildman–Crippen MR) is 137 cm³/mol. The Morgan fingerprint density at radius 2 is 1.95 bits per heavy atom. The number of sulfonamides is 1. The molecule has 10 nitrogen and oxygen atoms in total. The third-order valence-corrected chi connectivity index (χ3v) is 8.56. The van der Waals surface area contributed by atoms with Crippen molar-refractivity contribution in [1.82, 2.24) is 20.0 Å². The molecule has 1 aliphatic carbocycles. The topological polar surface area (TPSA) is 144 Å². The zero-order valence-corrected chi connectivity index (χ0v) is 21.5. The molecule has 3 aromatic rings. The number of carbonyl (C=O) groups excluding carboxylic acids is 2. The van der Waals surface area contributed by atoms with Crippen LogP contribution in [0.4, 0.5) is 0 Å². The van der Waals surface area contributed by atoms with Crippen LogP contribution in [0.15, 0.2) is 56.9 Å². The van der Waals surface area contributed by atoms with Gasteiger partial charge in [0.1, 0.15) is 11.9 Å². The Morgan fingerprint density at radius 3 is 2.68 bits per heavy atom. The molecule has 0 saturated heterocycles. The van der Waals surface area contributed by atoms with Crippen molar-refractivity contribution in [3.8, 4) is 0 Å². The van der Waals surface area contributed by atoms with E-state index in [1.54, 1.807) is 43.5 Å². The zero-order chi connectivity index (χ0) is 26.2. The summed E-state index contributed by atoms with van der Waals surface area (Å²) in [5.74, 6) is -0.886. The summed E-state index contributed by atoms with van der Waals surface area (Å²) in [5, 5.41) is 2.83. The molecular weight excluding hydrogens is 494 g/mol. The fraction of sp³-hybridized carbons (Fsp3) is 0.423. The molecule has 11 heteroatoms. The van der Waals surface area contributed by atoms with Crippen molar-refractivity contribution in [2.45, 2.75) is 69.4 Å². The summed E-state index contributed by atoms with van der Waals surface area (Å²) in [7, 11) is -3.75. The SMILES string of the molecule is CC[C@H](NC(=O)C(CC1(C)CCCC1)N=C1NS(=O)(=O)c2ccccc21)C(=O)c1nc2ncccc2o1. The second-order valence-corrected chi connectivity index (χ2v) is 11.6. The van der Waals surface area contributed by atoms with Gasteiger partial charge in [-0.05, 0) is 55.4 Å². The molecule has 3 heterocycles. The fourth-order valence-corrected chi connectivity index (χ4v) is 6.37. The summed E-state index contributed by atoms with van der Waals surface area (Å²) in [6, 6.07) is 8.12. The van der Waals surface area contributed by atoms with Crippen LogP contribution in [0.2, 0.25) is 0 Å². The van der Waals surface area contributed by atoms with Crippen LogP contribution in [-0.4, -0.2) is 48.0 Å². The lowest BCUT2D eigenvalue weighted by molar-refractivity contribution is -0.123. The third-order valence-electron chi connectivity index (χ3n) is 7.16. The maximum Gasteiger partial charge on any atom is 0.268 e. The molecule has 0 bridgehead atoms. The highest BCUT2D eigenvalue weighted by molar-refractivity contribution is 7.90. The van der Waals surface area contributed by atoms with Crippen LogP contribution in [0.3, 0.4) is 0 Å². The van der Waals surface area contributed by atoms with Gasteiger partial charge in [0, 0.05) is 11.8 Å². The van der Waals surface area contributed by atoms with Crippen molar-refractivity contribution in [1.29, 1.82) is 0 Å². The van der Waals surface area contributed by atoms with Crippen molar-refractivity contribution in [2.24, 2.45) is 10.4 Å². The minimum Gasteiger partial charge on any atom is -0.432 e. The number of fused-ring (bicyclic) bond motifs is 2. The summed E-state index contributed by atoms with van der Waals surface area (Å²) in [6.45, 7) is 3.91. The van der Waals surface area contributed by atoms with Gasteiger partial charge < -0.3 is 9.73 Å². The van der Waals surface area contributed by atoms with Crippen LogP contribution in [0.1, 0.15) is 68.6 Å². The number of pyridine rings is 1. The third kappa shape index (κ3) is 5.00. The Balaban J connectivity index is 1.43. The number of nitrogens with zero attached hydrogens (tertiary/aromatic N) is 3. The maximum atomic E-state index is 13.6. The predicted octanol–water partition coefficient (Wildman–Crippen LogP) is 3.38. The van der Waals surface area contributed by atoms with Gasteiger partial charge in [-0.3, -0.25) is 19.3 Å². The van der Waals surface area contributed by atoms with Gasteiger partial charge in [-0.15, -0.1) is 0 Å². The molecule has 1 amide bonds. The van der Waals surface area contributed by atoms with E-state index < -0.39 is 33.8 Å². The van der Waals surface area contributed by atoms with Crippen LogP contribution < -0.4 is 10.0 Å². The first-order chi connectivity index (χ1) is 17.7. The van der Waals surface area contributed by atoms with E-state index in [1.165, 1.54) is 6.07 Å². The number of aliphatic imine (C=N–C) groups is 1. The number of rotatable bonds is 8. The number of aromatic nitrogens is 2. The van der Waals surface area contributed by atoms with E-state index in [0.29, 0.717) is 29.6 Å². The molecule has 1 aliphatic heterocycles. The Kier molecular flexibility index (Phi) is 6.57. The van der Waals surface area contributed by atoms with Crippen molar-refractivity contribution in [3.05, 3.63) is 54.0 Å². The maximum absolute atomic E-state index is 13.6. The van der Waals surface area contributed by atoms with Crippen LogP contribution >= 0.6 is 0 Å². The number of benzene rings is 1. The van der Waals surface area contributed by atoms with Gasteiger partial charge in [0.25, 0.3) is 15.9 Å². The number of ketones is 1. The number of carbonyl (C=O) groups is 2. The van der Waals surface area contributed by atoms with Crippen molar-refractivity contribution in [2.75, 3.05) is 0 Å². The molecule has 1 unspecified atom stereocenters. The lowest BCUT2D eigenvalue weighted by Crippen LogP contribution is -2.46. The number of nitrogens with one attached hydrogen (secondary N) is 2. The molecule has 1 saturated carbocycles. The molecule has 2 aromatic heterocycles. The van der Waals surface area contributed by atoms with Gasteiger partial charge in [0.2, 0.25) is 11.7 Å². The number of hydrogen-bond donors (Lipinski definition) is 2. The van der Waals surface area contributed by atoms with Crippen LogP contribution in [0, 0.1) is 5.41 Å². The van der Waals surface area contributed by atoms with E-state index in [4.69, 9.17) is 4.42 Å². The molecular formula is C26H29N5O5S. The molecule has 37 heavy (non-hydrogen) atoms. The van der Waals surface area contributed by atoms with Gasteiger partial charge in [0.05, 0.1) is 10.9 Å². The quantitative estimate of drug-likeness (QED) is 0.431. The first kappa shape index (κ1) is 25.1. The number of amides is 1. The minimum absolute atomic E-state index is 0.110. The molecule has 2 N–H and O–H groups in total. The molecule has 1 aromatic carbocycles. The Morgan fingerprint density at radius 1 is 1.19 bits per heavy atom. The molecule has 2 aliphatic rings. The minimum atomic E-state index is -3.75. The molecule has 194 valence electrons. The lowest BCUT2D eigenvalue weighted by Gasteiger charge is -2.28. The summed E-state index contributed by atoms with van der Waals surface area (Å²) >= 11 is 0. The van der Waals surface area contributed by atoms with Gasteiger partial charge >= 0.3 is 0 Å². The van der Waals surface area contributed by atoms with Crippen molar-refractivity contribution < 1.29 is 22.4 Å². The van der Waals surface area contributed by atoms with E-state index in [1.807, 2.05) is 0 Å². The second kappa shape index (κ2) is 9.70. The average Bonchev–Trinajstić information content (AvgIpc) is 3.58. The smallest absolute Gasteiger partial charge is 0.268 e. The first-order valence-electron chi connectivity index (χ1n) is 12.5. The highest BCUT2D eigenvalue weighted by atomic mass is 32.2. The standard InChI is InChI=1S/C26H29N5O5S/c1-3-17(21(32)25-30-23-19(36-25)10-8-14-27-23)29-24(33)18(15-26(2)12-6-7-13-26)28-22-16-9-4-5-11-20(16)37(34,35)31-22/h4-5,8-11,14,17-18H,3,6-7,12-13,15H2,1-2H3,(H,28,31)(H,29,33)/t17-,18?/m0/s1. The number of Topliss-reactive ketones (excluding diaryl/α,β-unsaturated/α-hetero) is 1. The molecule has 5 rings (SSSR count). The van der Waals surface area contributed by atoms with Gasteiger partial charge in [0.15, 0.2) is 11.2 Å². The van der Waals surface area contributed by atoms with E-state index >= 15 is 0 Å². The zero-order valence-electron chi connectivity index (χ0n) is 20.7. The van der Waals surface area contributed by atoms with E-state index in [2.05, 4.69) is 31.9 Å². The molecule has 0 radical (unpaired) electrons. The van der Waals surface area contributed by atoms with E-state index in [-0.39, 0.29) is 22.0 Å². The monoisotopic (exact) mass is 523 g/mol. The van der Waals surface area contributed by atoms with Crippen molar-refractivity contribution >= 4 is 38.8 Å². The summed E-state index contributed by atoms with van der Waals surface area (Å²) in [4.78, 5) is 39.8. The normalized spacial score (nSPS) is 20.3. The Labute approximate surface area is 215 Å². The van der Waals surface area contributed by atoms with Gasteiger partial charge in [-0.2, -0.15) is 4.98 Å². The lowest BCUT2D eigenvalue weighted by atomic mass is 9.82. The average molecular weight is 524 g/mol. The number of amidine groups is 1. The Bertz CT molecular complexity index is 1460. The molecule has 1 fully saturated rings. The van der Waals surface area contributed by atoms with Crippen LogP contribution in [0.25, 0.3) is 11.2 Å². The van der Waals surface area contributed by atoms with Crippen LogP contribution in [-0.2, 0) is 14.8 Å². The number of hydrogen-bond acceptors (Lipinski definition) is 8. The highest BCUT2D eigenvalue weighted by Crippen LogP contribution is 2.42. The summed E-state index contributed by atoms with van der Waals surface area (Å²) in [5.41, 5.74) is 1.02. The van der Waals surface area contributed by atoms with E-state index in [0.717, 1.165) is 25.7 Å². The van der Waals surface area contributed by atoms with Crippen LogP contribution in [0.5, 0.6) is 0 Å². The first-order valence-corrected chi connectivity index (χ1v) is 13.9. The fourth-order valence-electron chi connectivity index (χ4n) is 5.13. The van der Waals surface area contributed by atoms with Gasteiger partial charge in [-0.25, -0.2) is 13.4 Å².